The molecule has 70 valence electrons. The van der Waals surface area contributed by atoms with E-state index in [1.54, 1.807) is 6.07 Å². The number of hydrogen-bond donors (Lipinski definition) is 1. The lowest BCUT2D eigenvalue weighted by atomic mass is 10.0. The highest BCUT2D eigenvalue weighted by molar-refractivity contribution is 6.31. The first-order chi connectivity index (χ1) is 6.18. The molecule has 0 aromatic heterocycles. The van der Waals surface area contributed by atoms with E-state index < -0.39 is 0 Å². The van der Waals surface area contributed by atoms with Crippen LogP contribution in [0, 0.1) is 11.7 Å². The minimum atomic E-state index is -0.268. The Labute approximate surface area is 81.7 Å². The predicted octanol–water partition coefficient (Wildman–Crippen LogP) is 2.89. The number of halogens is 2. The van der Waals surface area contributed by atoms with Gasteiger partial charge >= 0.3 is 0 Å². The Morgan fingerprint density at radius 2 is 2.15 bits per heavy atom. The maximum atomic E-state index is 12.9. The molecular formula is C10H11ClFN. The van der Waals surface area contributed by atoms with Gasteiger partial charge in [0.1, 0.15) is 5.82 Å². The normalized spacial score (nSPS) is 18.7. The Kier molecular flexibility index (Phi) is 2.26. The van der Waals surface area contributed by atoms with Crippen molar-refractivity contribution in [1.82, 2.24) is 0 Å². The Hall–Kier alpha value is -0.600. The van der Waals surface area contributed by atoms with Crippen molar-refractivity contribution >= 4 is 11.6 Å². The highest BCUT2D eigenvalue weighted by Gasteiger charge is 2.30. The molecule has 1 aliphatic rings. The third kappa shape index (κ3) is 1.84. The highest BCUT2D eigenvalue weighted by atomic mass is 35.5. The van der Waals surface area contributed by atoms with Crippen molar-refractivity contribution in [2.45, 2.75) is 18.9 Å². The molecule has 0 aliphatic heterocycles. The molecule has 1 aromatic rings. The molecule has 0 bridgehead atoms. The van der Waals surface area contributed by atoms with E-state index in [-0.39, 0.29) is 11.9 Å². The molecular weight excluding hydrogens is 189 g/mol. The van der Waals surface area contributed by atoms with Crippen molar-refractivity contribution in [3.8, 4) is 0 Å². The monoisotopic (exact) mass is 199 g/mol. The molecule has 0 radical (unpaired) electrons. The number of nitrogens with two attached hydrogens (primary N) is 1. The fraction of sp³-hybridized carbons (Fsp3) is 0.400. The van der Waals surface area contributed by atoms with E-state index in [0.717, 1.165) is 18.4 Å². The maximum absolute atomic E-state index is 12.9. The van der Waals surface area contributed by atoms with E-state index in [9.17, 15) is 4.39 Å². The Morgan fingerprint density at radius 3 is 2.77 bits per heavy atom. The summed E-state index contributed by atoms with van der Waals surface area (Å²) in [5.41, 5.74) is 6.66. The second-order valence-corrected chi connectivity index (χ2v) is 3.94. The molecule has 1 aromatic carbocycles. The summed E-state index contributed by atoms with van der Waals surface area (Å²) in [5, 5.41) is 0.570. The van der Waals surface area contributed by atoms with Crippen LogP contribution in [0.4, 0.5) is 4.39 Å². The lowest BCUT2D eigenvalue weighted by molar-refractivity contribution is 0.602. The van der Waals surface area contributed by atoms with Crippen LogP contribution in [0.15, 0.2) is 18.2 Å². The smallest absolute Gasteiger partial charge is 0.123 e. The fourth-order valence-electron chi connectivity index (χ4n) is 1.48. The van der Waals surface area contributed by atoms with E-state index in [1.165, 1.54) is 12.1 Å². The molecule has 1 nitrogen and oxygen atoms in total. The molecule has 2 N–H and O–H groups in total. The van der Waals surface area contributed by atoms with Crippen LogP contribution in [0.25, 0.3) is 0 Å². The summed E-state index contributed by atoms with van der Waals surface area (Å²) in [7, 11) is 0. The van der Waals surface area contributed by atoms with Crippen molar-refractivity contribution < 1.29 is 4.39 Å². The van der Waals surface area contributed by atoms with Gasteiger partial charge in [-0.2, -0.15) is 0 Å². The lowest BCUT2D eigenvalue weighted by Gasteiger charge is -2.12. The molecule has 0 unspecified atom stereocenters. The van der Waals surface area contributed by atoms with Crippen LogP contribution in [-0.4, -0.2) is 0 Å². The first-order valence-corrected chi connectivity index (χ1v) is 4.77. The minimum absolute atomic E-state index is 0.0943. The average Bonchev–Trinajstić information content (AvgIpc) is 2.91. The van der Waals surface area contributed by atoms with E-state index in [4.69, 9.17) is 17.3 Å². The molecule has 1 saturated carbocycles. The molecule has 0 spiro atoms. The molecule has 3 heteroatoms. The second kappa shape index (κ2) is 3.28. The number of rotatable bonds is 2. The fourth-order valence-corrected chi connectivity index (χ4v) is 1.72. The van der Waals surface area contributed by atoms with Gasteiger partial charge in [0.25, 0.3) is 0 Å². The highest BCUT2D eigenvalue weighted by Crippen LogP contribution is 2.41. The van der Waals surface area contributed by atoms with Crippen molar-refractivity contribution in [1.29, 1.82) is 0 Å². The first-order valence-electron chi connectivity index (χ1n) is 4.39. The molecule has 1 fully saturated rings. The van der Waals surface area contributed by atoms with E-state index in [0.29, 0.717) is 10.9 Å². The third-order valence-corrected chi connectivity index (χ3v) is 2.79. The molecule has 2 rings (SSSR count). The predicted molar refractivity (Wildman–Crippen MR) is 51.1 cm³/mol. The summed E-state index contributed by atoms with van der Waals surface area (Å²) in [4.78, 5) is 0. The summed E-state index contributed by atoms with van der Waals surface area (Å²) >= 11 is 5.92. The van der Waals surface area contributed by atoms with Gasteiger partial charge in [0.2, 0.25) is 0 Å². The van der Waals surface area contributed by atoms with Gasteiger partial charge in [0, 0.05) is 11.1 Å². The lowest BCUT2D eigenvalue weighted by Crippen LogP contribution is -2.13. The van der Waals surface area contributed by atoms with Crippen LogP contribution in [0.3, 0.4) is 0 Å². The molecule has 13 heavy (non-hydrogen) atoms. The topological polar surface area (TPSA) is 26.0 Å². The van der Waals surface area contributed by atoms with Crippen LogP contribution in [0.1, 0.15) is 24.4 Å². The van der Waals surface area contributed by atoms with Crippen molar-refractivity contribution in [2.75, 3.05) is 0 Å². The molecule has 0 heterocycles. The minimum Gasteiger partial charge on any atom is -0.324 e. The SMILES string of the molecule is N[C@@H](c1cc(F)ccc1Cl)C1CC1. The van der Waals surface area contributed by atoms with Crippen LogP contribution in [-0.2, 0) is 0 Å². The van der Waals surface area contributed by atoms with E-state index in [2.05, 4.69) is 0 Å². The van der Waals surface area contributed by atoms with Gasteiger partial charge in [-0.1, -0.05) is 11.6 Å². The Morgan fingerprint density at radius 1 is 1.46 bits per heavy atom. The second-order valence-electron chi connectivity index (χ2n) is 3.53. The van der Waals surface area contributed by atoms with Crippen LogP contribution >= 0.6 is 11.6 Å². The quantitative estimate of drug-likeness (QED) is 0.779. The zero-order valence-electron chi connectivity index (χ0n) is 7.13. The zero-order valence-corrected chi connectivity index (χ0v) is 7.89. The molecule has 1 aliphatic carbocycles. The summed E-state index contributed by atoms with van der Waals surface area (Å²) in [6, 6.07) is 4.26. The van der Waals surface area contributed by atoms with Gasteiger partial charge in [-0.3, -0.25) is 0 Å². The Bertz CT molecular complexity index is 323. The first kappa shape index (κ1) is 8.97. The standard InChI is InChI=1S/C10H11ClFN/c11-9-4-3-7(12)5-8(9)10(13)6-1-2-6/h3-6,10H,1-2,13H2/t10-/m1/s1. The van der Waals surface area contributed by atoms with E-state index >= 15 is 0 Å². The van der Waals surface area contributed by atoms with Gasteiger partial charge in [-0.05, 0) is 42.5 Å². The van der Waals surface area contributed by atoms with Crippen molar-refractivity contribution in [3.63, 3.8) is 0 Å². The summed E-state index contributed by atoms with van der Waals surface area (Å²) in [6.45, 7) is 0. The summed E-state index contributed by atoms with van der Waals surface area (Å²) in [5.74, 6) is 0.231. The summed E-state index contributed by atoms with van der Waals surface area (Å²) < 4.78 is 12.9. The van der Waals surface area contributed by atoms with Gasteiger partial charge in [0.05, 0.1) is 0 Å². The third-order valence-electron chi connectivity index (χ3n) is 2.45. The van der Waals surface area contributed by atoms with Crippen LogP contribution in [0.5, 0.6) is 0 Å². The van der Waals surface area contributed by atoms with E-state index in [1.807, 2.05) is 0 Å². The Balaban J connectivity index is 2.31. The van der Waals surface area contributed by atoms with Gasteiger partial charge in [0.15, 0.2) is 0 Å². The van der Waals surface area contributed by atoms with Crippen molar-refractivity contribution in [3.05, 3.63) is 34.6 Å². The molecule has 0 saturated heterocycles. The zero-order chi connectivity index (χ0) is 9.42. The van der Waals surface area contributed by atoms with Gasteiger partial charge in [-0.15, -0.1) is 0 Å². The number of hydrogen-bond acceptors (Lipinski definition) is 1. The summed E-state index contributed by atoms with van der Waals surface area (Å²) in [6.07, 6.45) is 2.27. The number of benzene rings is 1. The van der Waals surface area contributed by atoms with Crippen molar-refractivity contribution in [2.24, 2.45) is 11.7 Å². The van der Waals surface area contributed by atoms with Gasteiger partial charge in [-0.25, -0.2) is 4.39 Å². The van der Waals surface area contributed by atoms with Crippen LogP contribution in [0.2, 0.25) is 5.02 Å². The molecule has 1 atom stereocenters. The van der Waals surface area contributed by atoms with Crippen LogP contribution < -0.4 is 5.73 Å². The molecule has 0 amide bonds. The largest absolute Gasteiger partial charge is 0.324 e. The maximum Gasteiger partial charge on any atom is 0.123 e. The average molecular weight is 200 g/mol. The van der Waals surface area contributed by atoms with Gasteiger partial charge < -0.3 is 5.73 Å².